The molecule has 1 amide bonds. The van der Waals surface area contributed by atoms with Crippen molar-refractivity contribution in [3.05, 3.63) is 0 Å². The van der Waals surface area contributed by atoms with Gasteiger partial charge in [-0.3, -0.25) is 4.79 Å². The zero-order valence-corrected chi connectivity index (χ0v) is 10.6. The van der Waals surface area contributed by atoms with Gasteiger partial charge in [-0.2, -0.15) is 0 Å². The van der Waals surface area contributed by atoms with Crippen molar-refractivity contribution in [2.75, 3.05) is 19.6 Å². The molecular weight excluding hydrogens is 200 g/mol. The van der Waals surface area contributed by atoms with Crippen LogP contribution in [0.3, 0.4) is 0 Å². The first kappa shape index (κ1) is 11.9. The molecule has 1 aliphatic carbocycles. The Hall–Kier alpha value is -0.570. The van der Waals surface area contributed by atoms with Gasteiger partial charge in [0.25, 0.3) is 0 Å². The monoisotopic (exact) mass is 224 g/mol. The molecule has 1 atom stereocenters. The van der Waals surface area contributed by atoms with Crippen molar-refractivity contribution in [1.29, 1.82) is 0 Å². The van der Waals surface area contributed by atoms with Crippen molar-refractivity contribution in [2.24, 2.45) is 5.92 Å². The zero-order valence-electron chi connectivity index (χ0n) is 10.6. The molecule has 1 saturated carbocycles. The molecule has 92 valence electrons. The van der Waals surface area contributed by atoms with Crippen LogP contribution in [0.5, 0.6) is 0 Å². The van der Waals surface area contributed by atoms with Gasteiger partial charge in [0, 0.05) is 24.5 Å². The third-order valence-electron chi connectivity index (χ3n) is 3.91. The highest BCUT2D eigenvalue weighted by Gasteiger charge is 2.45. The minimum Gasteiger partial charge on any atom is -0.341 e. The second kappa shape index (κ2) is 4.74. The Balaban J connectivity index is 1.94. The number of amides is 1. The van der Waals surface area contributed by atoms with Crippen molar-refractivity contribution >= 4 is 5.91 Å². The number of carbonyl (C=O) groups is 1. The summed E-state index contributed by atoms with van der Waals surface area (Å²) in [7, 11) is 0. The fourth-order valence-electron chi connectivity index (χ4n) is 2.67. The van der Waals surface area contributed by atoms with Crippen LogP contribution in [0, 0.1) is 5.92 Å². The van der Waals surface area contributed by atoms with Gasteiger partial charge in [-0.1, -0.05) is 20.3 Å². The number of carbonyl (C=O) groups excluding carboxylic acids is 1. The first-order valence-electron chi connectivity index (χ1n) is 6.71. The number of nitrogens with zero attached hydrogens (tertiary/aromatic N) is 1. The summed E-state index contributed by atoms with van der Waals surface area (Å²) in [5, 5.41) is 3.59. The van der Waals surface area contributed by atoms with Gasteiger partial charge in [0.15, 0.2) is 0 Å². The standard InChI is InChI=1S/C13H24N2O/c1-3-5-11(2)12(16)15-9-4-8-14-13(10-15)6-7-13/h11,14H,3-10H2,1-2H3. The zero-order chi connectivity index (χ0) is 11.6. The van der Waals surface area contributed by atoms with Crippen LogP contribution >= 0.6 is 0 Å². The maximum atomic E-state index is 12.3. The lowest BCUT2D eigenvalue weighted by Gasteiger charge is -2.27. The van der Waals surface area contributed by atoms with E-state index in [0.29, 0.717) is 11.4 Å². The van der Waals surface area contributed by atoms with E-state index >= 15 is 0 Å². The smallest absolute Gasteiger partial charge is 0.225 e. The van der Waals surface area contributed by atoms with Crippen LogP contribution in [0.2, 0.25) is 0 Å². The fourth-order valence-corrected chi connectivity index (χ4v) is 2.67. The quantitative estimate of drug-likeness (QED) is 0.792. The van der Waals surface area contributed by atoms with Crippen molar-refractivity contribution in [2.45, 2.75) is 51.5 Å². The molecule has 1 spiro atoms. The molecule has 3 heteroatoms. The van der Waals surface area contributed by atoms with Crippen molar-refractivity contribution in [3.8, 4) is 0 Å². The average Bonchev–Trinajstić information content (AvgIpc) is 3.06. The van der Waals surface area contributed by atoms with Crippen molar-refractivity contribution in [3.63, 3.8) is 0 Å². The van der Waals surface area contributed by atoms with Crippen molar-refractivity contribution < 1.29 is 4.79 Å². The maximum Gasteiger partial charge on any atom is 0.225 e. The van der Waals surface area contributed by atoms with E-state index in [1.165, 1.54) is 12.8 Å². The molecule has 16 heavy (non-hydrogen) atoms. The second-order valence-corrected chi connectivity index (χ2v) is 5.51. The first-order chi connectivity index (χ1) is 7.67. The summed E-state index contributed by atoms with van der Waals surface area (Å²) in [6.07, 6.45) is 5.73. The molecule has 0 radical (unpaired) electrons. The van der Waals surface area contributed by atoms with E-state index in [-0.39, 0.29) is 5.92 Å². The van der Waals surface area contributed by atoms with E-state index in [1.807, 2.05) is 0 Å². The Kier molecular flexibility index (Phi) is 3.53. The highest BCUT2D eigenvalue weighted by atomic mass is 16.2. The summed E-state index contributed by atoms with van der Waals surface area (Å²) in [4.78, 5) is 14.4. The fraction of sp³-hybridized carbons (Fsp3) is 0.923. The van der Waals surface area contributed by atoms with Crippen LogP contribution in [-0.2, 0) is 4.79 Å². The molecule has 0 aromatic rings. The molecule has 3 nitrogen and oxygen atoms in total. The second-order valence-electron chi connectivity index (χ2n) is 5.51. The van der Waals surface area contributed by atoms with Gasteiger partial charge in [0.05, 0.1) is 0 Å². The maximum absolute atomic E-state index is 12.3. The summed E-state index contributed by atoms with van der Waals surface area (Å²) in [6.45, 7) is 7.19. The largest absolute Gasteiger partial charge is 0.341 e. The van der Waals surface area contributed by atoms with Crippen LogP contribution in [0.15, 0.2) is 0 Å². The van der Waals surface area contributed by atoms with Gasteiger partial charge in [0.2, 0.25) is 5.91 Å². The Morgan fingerprint density at radius 2 is 2.25 bits per heavy atom. The van der Waals surface area contributed by atoms with Gasteiger partial charge in [-0.25, -0.2) is 0 Å². The summed E-state index contributed by atoms with van der Waals surface area (Å²) in [5.41, 5.74) is 0.304. The first-order valence-corrected chi connectivity index (χ1v) is 6.71. The summed E-state index contributed by atoms with van der Waals surface area (Å²) in [5.74, 6) is 0.579. The third kappa shape index (κ3) is 2.57. The summed E-state index contributed by atoms with van der Waals surface area (Å²) >= 11 is 0. The number of hydrogen-bond donors (Lipinski definition) is 1. The Labute approximate surface area is 98.6 Å². The minimum absolute atomic E-state index is 0.207. The minimum atomic E-state index is 0.207. The van der Waals surface area contributed by atoms with E-state index < -0.39 is 0 Å². The normalized spacial score (nSPS) is 25.2. The molecule has 0 aromatic carbocycles. The topological polar surface area (TPSA) is 32.3 Å². The van der Waals surface area contributed by atoms with E-state index in [9.17, 15) is 4.79 Å². The van der Waals surface area contributed by atoms with E-state index in [0.717, 1.165) is 38.9 Å². The molecule has 2 fully saturated rings. The van der Waals surface area contributed by atoms with Crippen LogP contribution < -0.4 is 5.32 Å². The van der Waals surface area contributed by atoms with Gasteiger partial charge in [-0.05, 0) is 32.2 Å². The number of hydrogen-bond acceptors (Lipinski definition) is 2. The van der Waals surface area contributed by atoms with E-state index in [4.69, 9.17) is 0 Å². The highest BCUT2D eigenvalue weighted by Crippen LogP contribution is 2.37. The van der Waals surface area contributed by atoms with E-state index in [2.05, 4.69) is 24.1 Å². The molecule has 1 unspecified atom stereocenters. The Morgan fingerprint density at radius 3 is 2.88 bits per heavy atom. The average molecular weight is 224 g/mol. The lowest BCUT2D eigenvalue weighted by Crippen LogP contribution is -2.44. The van der Waals surface area contributed by atoms with Crippen LogP contribution in [-0.4, -0.2) is 36.0 Å². The van der Waals surface area contributed by atoms with Crippen molar-refractivity contribution in [1.82, 2.24) is 10.2 Å². The predicted molar refractivity (Wildman–Crippen MR) is 65.2 cm³/mol. The van der Waals surface area contributed by atoms with E-state index in [1.54, 1.807) is 0 Å². The molecule has 2 aliphatic rings. The molecule has 1 N–H and O–H groups in total. The molecule has 0 aromatic heterocycles. The van der Waals surface area contributed by atoms with Crippen LogP contribution in [0.4, 0.5) is 0 Å². The lowest BCUT2D eigenvalue weighted by atomic mass is 10.0. The predicted octanol–water partition coefficient (Wildman–Crippen LogP) is 1.78. The number of nitrogens with one attached hydrogen (secondary N) is 1. The summed E-state index contributed by atoms with van der Waals surface area (Å²) < 4.78 is 0. The molecule has 1 saturated heterocycles. The number of rotatable bonds is 3. The van der Waals surface area contributed by atoms with Gasteiger partial charge < -0.3 is 10.2 Å². The van der Waals surface area contributed by atoms with Gasteiger partial charge in [-0.15, -0.1) is 0 Å². The summed E-state index contributed by atoms with van der Waals surface area (Å²) in [6, 6.07) is 0. The SMILES string of the molecule is CCCC(C)C(=O)N1CCCNC2(CC2)C1. The highest BCUT2D eigenvalue weighted by molar-refractivity contribution is 5.78. The van der Waals surface area contributed by atoms with Crippen LogP contribution in [0.1, 0.15) is 46.0 Å². The molecule has 1 heterocycles. The van der Waals surface area contributed by atoms with Crippen LogP contribution in [0.25, 0.3) is 0 Å². The van der Waals surface area contributed by atoms with Gasteiger partial charge >= 0.3 is 0 Å². The molecule has 0 bridgehead atoms. The Morgan fingerprint density at radius 1 is 1.50 bits per heavy atom. The Bertz CT molecular complexity index is 261. The third-order valence-corrected chi connectivity index (χ3v) is 3.91. The van der Waals surface area contributed by atoms with Gasteiger partial charge in [0.1, 0.15) is 0 Å². The molecular formula is C13H24N2O. The molecule has 1 aliphatic heterocycles. The molecule has 2 rings (SSSR count). The lowest BCUT2D eigenvalue weighted by molar-refractivity contribution is -0.135.